The molecule has 1 fully saturated rings. The van der Waals surface area contributed by atoms with E-state index in [-0.39, 0.29) is 6.10 Å². The Labute approximate surface area is 78.7 Å². The number of nitrogens with zero attached hydrogens (tertiary/aromatic N) is 1. The van der Waals surface area contributed by atoms with Crippen LogP contribution in [0.1, 0.15) is 24.6 Å². The van der Waals surface area contributed by atoms with Crippen molar-refractivity contribution < 1.29 is 4.74 Å². The molecule has 0 radical (unpaired) electrons. The highest BCUT2D eigenvalue weighted by Crippen LogP contribution is 2.29. The number of hydrogen-bond acceptors (Lipinski definition) is 2. The lowest BCUT2D eigenvalue weighted by Gasteiger charge is -2.05. The lowest BCUT2D eigenvalue weighted by molar-refractivity contribution is 0.108. The number of halogens is 1. The summed E-state index contributed by atoms with van der Waals surface area (Å²) in [5, 5.41) is 6.92. The van der Waals surface area contributed by atoms with E-state index in [0.717, 1.165) is 18.7 Å². The highest BCUT2D eigenvalue weighted by Gasteiger charge is 2.20. The van der Waals surface area contributed by atoms with Gasteiger partial charge in [0.05, 0.1) is 21.6 Å². The van der Waals surface area contributed by atoms with E-state index in [1.54, 1.807) is 0 Å². The van der Waals surface area contributed by atoms with Crippen LogP contribution in [0.25, 0.3) is 0 Å². The summed E-state index contributed by atoms with van der Waals surface area (Å²) in [6.45, 7) is 0.889. The third-order valence-corrected chi connectivity index (χ3v) is 2.73. The molecule has 1 aliphatic rings. The van der Waals surface area contributed by atoms with Crippen LogP contribution in [0, 0.1) is 3.57 Å². The summed E-state index contributed by atoms with van der Waals surface area (Å²) >= 11 is 2.27. The Balaban J connectivity index is 2.21. The zero-order valence-electron chi connectivity index (χ0n) is 6.01. The monoisotopic (exact) mass is 264 g/mol. The van der Waals surface area contributed by atoms with Gasteiger partial charge in [-0.25, -0.2) is 0 Å². The first kappa shape index (κ1) is 7.54. The van der Waals surface area contributed by atoms with Crippen molar-refractivity contribution in [2.24, 2.45) is 0 Å². The van der Waals surface area contributed by atoms with Crippen molar-refractivity contribution in [3.05, 3.63) is 15.5 Å². The summed E-state index contributed by atoms with van der Waals surface area (Å²) in [6.07, 6.45) is 4.39. The second-order valence-electron chi connectivity index (χ2n) is 2.63. The third kappa shape index (κ3) is 1.41. The SMILES string of the molecule is Ic1cn[nH]c1C1CCCO1. The van der Waals surface area contributed by atoms with Crippen molar-refractivity contribution in [2.45, 2.75) is 18.9 Å². The second-order valence-corrected chi connectivity index (χ2v) is 3.80. The van der Waals surface area contributed by atoms with Crippen molar-refractivity contribution >= 4 is 22.6 Å². The summed E-state index contributed by atoms with van der Waals surface area (Å²) in [7, 11) is 0. The van der Waals surface area contributed by atoms with Gasteiger partial charge in [0, 0.05) is 6.61 Å². The van der Waals surface area contributed by atoms with Gasteiger partial charge in [-0.3, -0.25) is 5.10 Å². The van der Waals surface area contributed by atoms with Gasteiger partial charge in [-0.2, -0.15) is 5.10 Å². The average molecular weight is 264 g/mol. The molecule has 0 amide bonds. The summed E-state index contributed by atoms with van der Waals surface area (Å²) in [6, 6.07) is 0. The molecule has 0 spiro atoms. The minimum Gasteiger partial charge on any atom is -0.372 e. The first-order chi connectivity index (χ1) is 5.38. The predicted molar refractivity (Wildman–Crippen MR) is 49.2 cm³/mol. The number of ether oxygens (including phenoxy) is 1. The van der Waals surface area contributed by atoms with Gasteiger partial charge in [-0.05, 0) is 35.4 Å². The van der Waals surface area contributed by atoms with Crippen molar-refractivity contribution in [1.29, 1.82) is 0 Å². The maximum atomic E-state index is 5.50. The van der Waals surface area contributed by atoms with Crippen LogP contribution in [-0.4, -0.2) is 16.8 Å². The molecule has 1 aliphatic heterocycles. The molecule has 0 bridgehead atoms. The van der Waals surface area contributed by atoms with E-state index in [4.69, 9.17) is 4.74 Å². The largest absolute Gasteiger partial charge is 0.372 e. The van der Waals surface area contributed by atoms with E-state index in [2.05, 4.69) is 32.8 Å². The number of hydrogen-bond donors (Lipinski definition) is 1. The predicted octanol–water partition coefficient (Wildman–Crippen LogP) is 1.87. The Bertz CT molecular complexity index is 242. The lowest BCUT2D eigenvalue weighted by atomic mass is 10.2. The van der Waals surface area contributed by atoms with Crippen LogP contribution >= 0.6 is 22.6 Å². The van der Waals surface area contributed by atoms with Gasteiger partial charge in [0.2, 0.25) is 0 Å². The first-order valence-electron chi connectivity index (χ1n) is 3.68. The molecular weight excluding hydrogens is 255 g/mol. The number of aromatic nitrogens is 2. The van der Waals surface area contributed by atoms with E-state index in [9.17, 15) is 0 Å². The second kappa shape index (κ2) is 3.10. The topological polar surface area (TPSA) is 37.9 Å². The fourth-order valence-corrected chi connectivity index (χ4v) is 1.92. The molecule has 2 rings (SSSR count). The molecule has 0 aromatic carbocycles. The van der Waals surface area contributed by atoms with Gasteiger partial charge in [-0.15, -0.1) is 0 Å². The van der Waals surface area contributed by atoms with Gasteiger partial charge in [0.25, 0.3) is 0 Å². The van der Waals surface area contributed by atoms with Crippen molar-refractivity contribution in [3.8, 4) is 0 Å². The highest BCUT2D eigenvalue weighted by atomic mass is 127. The van der Waals surface area contributed by atoms with Crippen LogP contribution in [0.2, 0.25) is 0 Å². The number of nitrogens with one attached hydrogen (secondary N) is 1. The first-order valence-corrected chi connectivity index (χ1v) is 4.76. The molecule has 1 aromatic rings. The molecule has 1 atom stereocenters. The zero-order valence-corrected chi connectivity index (χ0v) is 8.17. The van der Waals surface area contributed by atoms with Gasteiger partial charge >= 0.3 is 0 Å². The zero-order chi connectivity index (χ0) is 7.68. The van der Waals surface area contributed by atoms with Gasteiger partial charge in [-0.1, -0.05) is 0 Å². The smallest absolute Gasteiger partial charge is 0.1000 e. The molecule has 60 valence electrons. The molecule has 1 saturated heterocycles. The number of rotatable bonds is 1. The maximum Gasteiger partial charge on any atom is 0.1000 e. The summed E-state index contributed by atoms with van der Waals surface area (Å²) in [5.74, 6) is 0. The minimum atomic E-state index is 0.268. The third-order valence-electron chi connectivity index (χ3n) is 1.87. The van der Waals surface area contributed by atoms with Crippen LogP contribution in [0.3, 0.4) is 0 Å². The summed E-state index contributed by atoms with van der Waals surface area (Å²) in [5.41, 5.74) is 1.14. The number of H-pyrrole nitrogens is 1. The fourth-order valence-electron chi connectivity index (χ4n) is 1.31. The average Bonchev–Trinajstić information content (AvgIpc) is 2.55. The van der Waals surface area contributed by atoms with Crippen LogP contribution in [-0.2, 0) is 4.74 Å². The van der Waals surface area contributed by atoms with Crippen molar-refractivity contribution in [3.63, 3.8) is 0 Å². The van der Waals surface area contributed by atoms with Crippen LogP contribution < -0.4 is 0 Å². The Hall–Kier alpha value is -0.100. The minimum absolute atomic E-state index is 0.268. The molecule has 1 N–H and O–H groups in total. The molecule has 0 saturated carbocycles. The Kier molecular flexibility index (Phi) is 2.13. The highest BCUT2D eigenvalue weighted by molar-refractivity contribution is 14.1. The van der Waals surface area contributed by atoms with Crippen LogP contribution in [0.4, 0.5) is 0 Å². The molecule has 1 unspecified atom stereocenters. The maximum absolute atomic E-state index is 5.50. The van der Waals surface area contributed by atoms with E-state index >= 15 is 0 Å². The van der Waals surface area contributed by atoms with E-state index < -0.39 is 0 Å². The van der Waals surface area contributed by atoms with E-state index in [1.807, 2.05) is 6.20 Å². The van der Waals surface area contributed by atoms with Crippen LogP contribution in [0.15, 0.2) is 6.20 Å². The van der Waals surface area contributed by atoms with Gasteiger partial charge < -0.3 is 4.74 Å². The van der Waals surface area contributed by atoms with Crippen molar-refractivity contribution in [2.75, 3.05) is 6.61 Å². The fraction of sp³-hybridized carbons (Fsp3) is 0.571. The summed E-state index contributed by atoms with van der Waals surface area (Å²) < 4.78 is 6.68. The van der Waals surface area contributed by atoms with E-state index in [0.29, 0.717) is 0 Å². The Morgan fingerprint density at radius 1 is 1.73 bits per heavy atom. The van der Waals surface area contributed by atoms with Gasteiger partial charge in [0.15, 0.2) is 0 Å². The molecule has 4 heteroatoms. The number of aromatic amines is 1. The summed E-state index contributed by atoms with van der Waals surface area (Å²) in [4.78, 5) is 0. The van der Waals surface area contributed by atoms with Crippen LogP contribution in [0.5, 0.6) is 0 Å². The van der Waals surface area contributed by atoms with Gasteiger partial charge in [0.1, 0.15) is 0 Å². The normalized spacial score (nSPS) is 24.3. The standard InChI is InChI=1S/C7H9IN2O/c8-5-4-9-10-7(5)6-2-1-3-11-6/h4,6H,1-3H2,(H,9,10). The molecule has 11 heavy (non-hydrogen) atoms. The Morgan fingerprint density at radius 3 is 3.18 bits per heavy atom. The van der Waals surface area contributed by atoms with Crippen molar-refractivity contribution in [1.82, 2.24) is 10.2 Å². The quantitative estimate of drug-likeness (QED) is 0.786. The molecule has 1 aromatic heterocycles. The van der Waals surface area contributed by atoms with E-state index in [1.165, 1.54) is 9.99 Å². The molecule has 3 nitrogen and oxygen atoms in total. The Morgan fingerprint density at radius 2 is 2.64 bits per heavy atom. The molecular formula is C7H9IN2O. The molecule has 2 heterocycles. The lowest BCUT2D eigenvalue weighted by Crippen LogP contribution is -1.97. The molecule has 0 aliphatic carbocycles.